The summed E-state index contributed by atoms with van der Waals surface area (Å²) >= 11 is 0. The van der Waals surface area contributed by atoms with Gasteiger partial charge in [0, 0.05) is 29.4 Å². The van der Waals surface area contributed by atoms with E-state index in [9.17, 15) is 0 Å². The molecule has 102 valence electrons. The van der Waals surface area contributed by atoms with Crippen LogP contribution < -0.4 is 15.8 Å². The topological polar surface area (TPSA) is 60.2 Å². The van der Waals surface area contributed by atoms with Crippen LogP contribution in [0, 0.1) is 0 Å². The number of hydrogen-bond acceptors (Lipinski definition) is 4. The van der Waals surface area contributed by atoms with E-state index in [-0.39, 0.29) is 0 Å². The number of nitrogens with one attached hydrogen (secondary N) is 1. The molecular weight excluding hydrogens is 238 g/mol. The Labute approximate surface area is 114 Å². The molecule has 0 aliphatic rings. The number of fused-ring (bicyclic) bond motifs is 1. The fourth-order valence-corrected chi connectivity index (χ4v) is 2.18. The normalized spacial score (nSPS) is 12.4. The number of nitrogens with zero attached hydrogens (tertiary/aromatic N) is 1. The van der Waals surface area contributed by atoms with Crippen molar-refractivity contribution < 1.29 is 4.74 Å². The lowest BCUT2D eigenvalue weighted by atomic mass is 10.1. The third-order valence-electron chi connectivity index (χ3n) is 3.16. The number of pyridine rings is 1. The number of hydrogen-bond donors (Lipinski definition) is 2. The Kier molecular flexibility index (Phi) is 4.58. The van der Waals surface area contributed by atoms with Gasteiger partial charge in [-0.25, -0.2) is 0 Å². The van der Waals surface area contributed by atoms with Crippen LogP contribution in [0.5, 0.6) is 5.75 Å². The van der Waals surface area contributed by atoms with E-state index in [4.69, 9.17) is 10.5 Å². The molecule has 0 spiro atoms. The first-order chi connectivity index (χ1) is 9.24. The van der Waals surface area contributed by atoms with Crippen molar-refractivity contribution in [2.45, 2.75) is 25.8 Å². The van der Waals surface area contributed by atoms with Crippen LogP contribution in [0.2, 0.25) is 0 Å². The van der Waals surface area contributed by atoms with Gasteiger partial charge in [-0.3, -0.25) is 4.98 Å². The first kappa shape index (κ1) is 13.6. The van der Waals surface area contributed by atoms with Gasteiger partial charge in [0.15, 0.2) is 0 Å². The van der Waals surface area contributed by atoms with Gasteiger partial charge >= 0.3 is 0 Å². The second kappa shape index (κ2) is 6.38. The molecule has 0 aliphatic heterocycles. The lowest BCUT2D eigenvalue weighted by molar-refractivity contribution is 0.420. The second-order valence-corrected chi connectivity index (χ2v) is 4.72. The van der Waals surface area contributed by atoms with E-state index in [1.54, 1.807) is 13.3 Å². The third-order valence-corrected chi connectivity index (χ3v) is 3.16. The average Bonchev–Trinajstić information content (AvgIpc) is 2.44. The highest BCUT2D eigenvalue weighted by molar-refractivity contribution is 5.88. The molecule has 1 aromatic heterocycles. The first-order valence-corrected chi connectivity index (χ1v) is 6.64. The van der Waals surface area contributed by atoms with Crippen molar-refractivity contribution in [2.24, 2.45) is 5.73 Å². The summed E-state index contributed by atoms with van der Waals surface area (Å²) in [5, 5.41) is 4.50. The average molecular weight is 259 g/mol. The van der Waals surface area contributed by atoms with E-state index >= 15 is 0 Å². The SMILES string of the molecule is COc1cc(NC(C)CCCN)cc2ncccc12. The van der Waals surface area contributed by atoms with Crippen LogP contribution in [0.3, 0.4) is 0 Å². The Morgan fingerprint density at radius 1 is 1.42 bits per heavy atom. The fraction of sp³-hybridized carbons (Fsp3) is 0.400. The maximum absolute atomic E-state index is 5.53. The monoisotopic (exact) mass is 259 g/mol. The smallest absolute Gasteiger partial charge is 0.130 e. The molecule has 0 bridgehead atoms. The number of nitrogens with two attached hydrogens (primary N) is 1. The van der Waals surface area contributed by atoms with Crippen molar-refractivity contribution in [3.63, 3.8) is 0 Å². The van der Waals surface area contributed by atoms with Crippen LogP contribution in [0.1, 0.15) is 19.8 Å². The van der Waals surface area contributed by atoms with Crippen LogP contribution in [0.4, 0.5) is 5.69 Å². The molecule has 1 atom stereocenters. The summed E-state index contributed by atoms with van der Waals surface area (Å²) in [6, 6.07) is 8.39. The molecule has 19 heavy (non-hydrogen) atoms. The zero-order valence-corrected chi connectivity index (χ0v) is 11.5. The highest BCUT2D eigenvalue weighted by atomic mass is 16.5. The molecule has 1 unspecified atom stereocenters. The van der Waals surface area contributed by atoms with E-state index in [1.807, 2.05) is 18.2 Å². The Hall–Kier alpha value is -1.81. The van der Waals surface area contributed by atoms with E-state index in [1.165, 1.54) is 0 Å². The summed E-state index contributed by atoms with van der Waals surface area (Å²) in [6.45, 7) is 2.89. The molecule has 1 heterocycles. The van der Waals surface area contributed by atoms with Crippen molar-refractivity contribution >= 4 is 16.6 Å². The lowest BCUT2D eigenvalue weighted by Gasteiger charge is -2.16. The first-order valence-electron chi connectivity index (χ1n) is 6.64. The molecular formula is C15H21N3O. The Morgan fingerprint density at radius 3 is 3.00 bits per heavy atom. The number of aromatic nitrogens is 1. The van der Waals surface area contributed by atoms with E-state index < -0.39 is 0 Å². The van der Waals surface area contributed by atoms with Gasteiger partial charge in [-0.2, -0.15) is 0 Å². The molecule has 2 rings (SSSR count). The van der Waals surface area contributed by atoms with Crippen LogP contribution in [0.15, 0.2) is 30.5 Å². The molecule has 0 saturated heterocycles. The quantitative estimate of drug-likeness (QED) is 0.837. The highest BCUT2D eigenvalue weighted by Crippen LogP contribution is 2.28. The summed E-state index contributed by atoms with van der Waals surface area (Å²) in [7, 11) is 1.68. The summed E-state index contributed by atoms with van der Waals surface area (Å²) in [5.41, 5.74) is 7.51. The zero-order chi connectivity index (χ0) is 13.7. The molecule has 1 aromatic carbocycles. The van der Waals surface area contributed by atoms with Gasteiger partial charge in [0.2, 0.25) is 0 Å². The predicted octanol–water partition coefficient (Wildman–Crippen LogP) is 2.78. The number of anilines is 1. The van der Waals surface area contributed by atoms with Crippen molar-refractivity contribution in [3.05, 3.63) is 30.5 Å². The maximum atomic E-state index is 5.53. The zero-order valence-electron chi connectivity index (χ0n) is 11.5. The number of methoxy groups -OCH3 is 1. The van der Waals surface area contributed by atoms with Gasteiger partial charge in [-0.1, -0.05) is 0 Å². The van der Waals surface area contributed by atoms with Crippen LogP contribution in [0.25, 0.3) is 10.9 Å². The predicted molar refractivity (Wildman–Crippen MR) is 79.7 cm³/mol. The fourth-order valence-electron chi connectivity index (χ4n) is 2.18. The Bertz CT molecular complexity index is 542. The minimum Gasteiger partial charge on any atom is -0.496 e. The Balaban J connectivity index is 2.24. The van der Waals surface area contributed by atoms with E-state index in [0.717, 1.165) is 41.7 Å². The van der Waals surface area contributed by atoms with Crippen molar-refractivity contribution in [1.29, 1.82) is 0 Å². The highest BCUT2D eigenvalue weighted by Gasteiger charge is 2.07. The number of ether oxygens (including phenoxy) is 1. The van der Waals surface area contributed by atoms with Gasteiger partial charge in [0.25, 0.3) is 0 Å². The summed E-state index contributed by atoms with van der Waals surface area (Å²) in [6.07, 6.45) is 3.87. The van der Waals surface area contributed by atoms with Gasteiger partial charge < -0.3 is 15.8 Å². The van der Waals surface area contributed by atoms with Crippen LogP contribution in [-0.2, 0) is 0 Å². The lowest BCUT2D eigenvalue weighted by Crippen LogP contribution is -2.16. The summed E-state index contributed by atoms with van der Waals surface area (Å²) in [5.74, 6) is 0.846. The minimum absolute atomic E-state index is 0.384. The van der Waals surface area contributed by atoms with Gasteiger partial charge in [0.05, 0.1) is 12.6 Å². The molecule has 0 amide bonds. The molecule has 4 heteroatoms. The molecule has 2 aromatic rings. The van der Waals surface area contributed by atoms with Gasteiger partial charge in [-0.15, -0.1) is 0 Å². The van der Waals surface area contributed by atoms with Crippen molar-refractivity contribution in [3.8, 4) is 5.75 Å². The number of benzene rings is 1. The molecule has 0 saturated carbocycles. The molecule has 0 aliphatic carbocycles. The van der Waals surface area contributed by atoms with Crippen molar-refractivity contribution in [2.75, 3.05) is 19.0 Å². The summed E-state index contributed by atoms with van der Waals surface area (Å²) < 4.78 is 5.43. The minimum atomic E-state index is 0.384. The second-order valence-electron chi connectivity index (χ2n) is 4.72. The Morgan fingerprint density at radius 2 is 2.26 bits per heavy atom. The standard InChI is InChI=1S/C15H21N3O/c1-11(5-3-7-16)18-12-9-14-13(6-4-8-17-14)15(10-12)19-2/h4,6,8-11,18H,3,5,7,16H2,1-2H3. The number of rotatable bonds is 6. The molecule has 0 fully saturated rings. The van der Waals surface area contributed by atoms with Crippen LogP contribution in [-0.4, -0.2) is 24.7 Å². The van der Waals surface area contributed by atoms with Crippen LogP contribution >= 0.6 is 0 Å². The van der Waals surface area contributed by atoms with E-state index in [2.05, 4.69) is 23.3 Å². The van der Waals surface area contributed by atoms with E-state index in [0.29, 0.717) is 6.04 Å². The molecule has 3 N–H and O–H groups in total. The van der Waals surface area contributed by atoms with Gasteiger partial charge in [0.1, 0.15) is 5.75 Å². The molecule has 4 nitrogen and oxygen atoms in total. The largest absolute Gasteiger partial charge is 0.496 e. The molecule has 0 radical (unpaired) electrons. The van der Waals surface area contributed by atoms with Gasteiger partial charge in [-0.05, 0) is 44.5 Å². The van der Waals surface area contributed by atoms with Crippen molar-refractivity contribution in [1.82, 2.24) is 4.98 Å². The third kappa shape index (κ3) is 3.35. The maximum Gasteiger partial charge on any atom is 0.130 e. The summed E-state index contributed by atoms with van der Waals surface area (Å²) in [4.78, 5) is 4.38.